The Morgan fingerprint density at radius 2 is 1.92 bits per heavy atom. The van der Waals surface area contributed by atoms with Crippen molar-refractivity contribution in [2.24, 2.45) is 0 Å². The van der Waals surface area contributed by atoms with E-state index in [-0.39, 0.29) is 30.2 Å². The molecule has 1 aromatic heterocycles. The summed E-state index contributed by atoms with van der Waals surface area (Å²) in [5.74, 6) is 0. The van der Waals surface area contributed by atoms with Gasteiger partial charge < -0.3 is 15.0 Å². The molecule has 0 bridgehead atoms. The lowest BCUT2D eigenvalue weighted by Gasteiger charge is -2.30. The summed E-state index contributed by atoms with van der Waals surface area (Å²) in [6.07, 6.45) is -4.84. The molecule has 0 saturated carbocycles. The molecule has 0 atom stereocenters. The smallest absolute Gasteiger partial charge is 0.417 e. The summed E-state index contributed by atoms with van der Waals surface area (Å²) in [6.45, 7) is 0.515. The van der Waals surface area contributed by atoms with Crippen LogP contribution in [0, 0.1) is 0 Å². The number of hydrogen-bond donors (Lipinski definition) is 2. The molecular formula is C14H13ClF3N3O3. The molecule has 1 aliphatic heterocycles. The van der Waals surface area contributed by atoms with Gasteiger partial charge in [-0.25, -0.2) is 9.59 Å². The number of fused-ring (bicyclic) bond motifs is 1. The van der Waals surface area contributed by atoms with E-state index in [2.05, 4.69) is 4.98 Å². The van der Waals surface area contributed by atoms with E-state index in [1.54, 1.807) is 0 Å². The van der Waals surface area contributed by atoms with Crippen LogP contribution in [-0.4, -0.2) is 38.7 Å². The summed E-state index contributed by atoms with van der Waals surface area (Å²) in [5.41, 5.74) is -1.20. The third kappa shape index (κ3) is 2.83. The average Bonchev–Trinajstić information content (AvgIpc) is 2.80. The molecule has 2 N–H and O–H groups in total. The second kappa shape index (κ2) is 5.73. The van der Waals surface area contributed by atoms with Gasteiger partial charge in [-0.1, -0.05) is 11.6 Å². The van der Waals surface area contributed by atoms with Crippen LogP contribution in [0.1, 0.15) is 24.4 Å². The normalized spacial score (nSPS) is 16.8. The first-order valence-corrected chi connectivity index (χ1v) is 7.55. The number of aromatic amines is 1. The van der Waals surface area contributed by atoms with Gasteiger partial charge in [0.1, 0.15) is 0 Å². The molecule has 1 saturated heterocycles. The molecule has 10 heteroatoms. The average molecular weight is 364 g/mol. The number of imidazole rings is 1. The van der Waals surface area contributed by atoms with Gasteiger partial charge in [-0.05, 0) is 25.0 Å². The molecule has 2 heterocycles. The number of aromatic nitrogens is 2. The minimum atomic E-state index is -4.61. The van der Waals surface area contributed by atoms with Crippen molar-refractivity contribution in [1.29, 1.82) is 0 Å². The van der Waals surface area contributed by atoms with Crippen LogP contribution in [-0.2, 0) is 6.18 Å². The third-order valence-electron chi connectivity index (χ3n) is 4.21. The molecule has 0 spiro atoms. The van der Waals surface area contributed by atoms with Crippen LogP contribution in [0.15, 0.2) is 16.9 Å². The molecule has 0 aliphatic carbocycles. The first-order valence-electron chi connectivity index (χ1n) is 7.17. The standard InChI is InChI=1S/C14H13ClF3N3O3/c15-9-6-11-10(5-8(9)14(16,17)18)19-12(22)21(11)7-1-3-20(4-2-7)13(23)24/h5-7H,1-4H2,(H,19,22)(H,23,24). The Bertz CT molecular complexity index is 851. The Morgan fingerprint density at radius 1 is 1.29 bits per heavy atom. The number of halogens is 4. The van der Waals surface area contributed by atoms with Crippen molar-refractivity contribution in [3.8, 4) is 0 Å². The van der Waals surface area contributed by atoms with Gasteiger partial charge in [0.25, 0.3) is 0 Å². The molecule has 24 heavy (non-hydrogen) atoms. The second-order valence-corrected chi connectivity index (χ2v) is 6.06. The lowest BCUT2D eigenvalue weighted by molar-refractivity contribution is -0.137. The summed E-state index contributed by atoms with van der Waals surface area (Å²) in [4.78, 5) is 26.8. The second-order valence-electron chi connectivity index (χ2n) is 5.65. The number of carbonyl (C=O) groups is 1. The van der Waals surface area contributed by atoms with E-state index in [0.29, 0.717) is 12.8 Å². The highest BCUT2D eigenvalue weighted by molar-refractivity contribution is 6.32. The predicted molar refractivity (Wildman–Crippen MR) is 80.4 cm³/mol. The lowest BCUT2D eigenvalue weighted by Crippen LogP contribution is -2.39. The van der Waals surface area contributed by atoms with E-state index >= 15 is 0 Å². The molecule has 0 radical (unpaired) electrons. The SMILES string of the molecule is O=C(O)N1CCC(n2c(=O)[nH]c3cc(C(F)(F)F)c(Cl)cc32)CC1. The number of alkyl halides is 3. The Morgan fingerprint density at radius 3 is 2.46 bits per heavy atom. The van der Waals surface area contributed by atoms with E-state index in [9.17, 15) is 22.8 Å². The number of H-pyrrole nitrogens is 1. The fraction of sp³-hybridized carbons (Fsp3) is 0.429. The minimum absolute atomic E-state index is 0.0531. The highest BCUT2D eigenvalue weighted by Gasteiger charge is 2.34. The molecule has 1 aliphatic rings. The van der Waals surface area contributed by atoms with E-state index in [4.69, 9.17) is 16.7 Å². The molecule has 3 rings (SSSR count). The maximum atomic E-state index is 12.9. The van der Waals surface area contributed by atoms with Crippen LogP contribution in [0.2, 0.25) is 5.02 Å². The molecule has 1 aromatic carbocycles. The van der Waals surface area contributed by atoms with Gasteiger partial charge in [-0.2, -0.15) is 13.2 Å². The van der Waals surface area contributed by atoms with Crippen molar-refractivity contribution in [3.05, 3.63) is 33.2 Å². The Labute approximate surface area is 138 Å². The summed E-state index contributed by atoms with van der Waals surface area (Å²) < 4.78 is 40.1. The molecular weight excluding hydrogens is 351 g/mol. The number of nitrogens with one attached hydrogen (secondary N) is 1. The number of carboxylic acid groups (broad SMARTS) is 1. The van der Waals surface area contributed by atoms with Crippen LogP contribution < -0.4 is 5.69 Å². The van der Waals surface area contributed by atoms with Crippen LogP contribution in [0.4, 0.5) is 18.0 Å². The summed E-state index contributed by atoms with van der Waals surface area (Å²) in [7, 11) is 0. The Kier molecular flexibility index (Phi) is 3.98. The van der Waals surface area contributed by atoms with Gasteiger partial charge in [-0.15, -0.1) is 0 Å². The quantitative estimate of drug-likeness (QED) is 0.815. The first-order chi connectivity index (χ1) is 11.2. The Hall–Kier alpha value is -2.16. The zero-order valence-corrected chi connectivity index (χ0v) is 13.0. The van der Waals surface area contributed by atoms with Crippen LogP contribution in [0.3, 0.4) is 0 Å². The molecule has 1 amide bonds. The van der Waals surface area contributed by atoms with Crippen molar-refractivity contribution < 1.29 is 23.1 Å². The topological polar surface area (TPSA) is 78.3 Å². The van der Waals surface area contributed by atoms with Crippen molar-refractivity contribution in [1.82, 2.24) is 14.5 Å². The number of nitrogens with zero attached hydrogens (tertiary/aromatic N) is 2. The highest BCUT2D eigenvalue weighted by atomic mass is 35.5. The van der Waals surface area contributed by atoms with E-state index in [0.717, 1.165) is 12.1 Å². The van der Waals surface area contributed by atoms with E-state index in [1.807, 2.05) is 0 Å². The van der Waals surface area contributed by atoms with Gasteiger partial charge in [0.2, 0.25) is 0 Å². The zero-order chi connectivity index (χ0) is 17.6. The largest absolute Gasteiger partial charge is 0.465 e. The maximum absolute atomic E-state index is 12.9. The molecule has 6 nitrogen and oxygen atoms in total. The van der Waals surface area contributed by atoms with Crippen molar-refractivity contribution in [2.75, 3.05) is 13.1 Å². The number of rotatable bonds is 1. The van der Waals surface area contributed by atoms with Gasteiger partial charge in [0, 0.05) is 19.1 Å². The molecule has 2 aromatic rings. The monoisotopic (exact) mass is 363 g/mol. The molecule has 1 fully saturated rings. The van der Waals surface area contributed by atoms with Gasteiger partial charge >= 0.3 is 18.0 Å². The zero-order valence-electron chi connectivity index (χ0n) is 12.2. The fourth-order valence-electron chi connectivity index (χ4n) is 3.04. The van der Waals surface area contributed by atoms with E-state index < -0.39 is 28.5 Å². The number of likely N-dealkylation sites (tertiary alicyclic amines) is 1. The minimum Gasteiger partial charge on any atom is -0.465 e. The fourth-order valence-corrected chi connectivity index (χ4v) is 3.31. The number of benzene rings is 1. The summed E-state index contributed by atoms with van der Waals surface area (Å²) >= 11 is 5.74. The first kappa shape index (κ1) is 16.7. The number of piperidine rings is 1. The van der Waals surface area contributed by atoms with Crippen molar-refractivity contribution >= 4 is 28.7 Å². The molecule has 130 valence electrons. The predicted octanol–water partition coefficient (Wildman–Crippen LogP) is 3.32. The van der Waals surface area contributed by atoms with Gasteiger partial charge in [0.15, 0.2) is 0 Å². The van der Waals surface area contributed by atoms with Gasteiger partial charge in [-0.3, -0.25) is 4.57 Å². The van der Waals surface area contributed by atoms with Crippen LogP contribution in [0.25, 0.3) is 11.0 Å². The van der Waals surface area contributed by atoms with Crippen molar-refractivity contribution in [2.45, 2.75) is 25.1 Å². The number of hydrogen-bond acceptors (Lipinski definition) is 2. The van der Waals surface area contributed by atoms with Crippen LogP contribution >= 0.6 is 11.6 Å². The van der Waals surface area contributed by atoms with Crippen LogP contribution in [0.5, 0.6) is 0 Å². The Balaban J connectivity index is 2.01. The molecule has 0 unspecified atom stereocenters. The van der Waals surface area contributed by atoms with Gasteiger partial charge in [0.05, 0.1) is 21.6 Å². The summed E-state index contributed by atoms with van der Waals surface area (Å²) in [5, 5.41) is 8.47. The van der Waals surface area contributed by atoms with E-state index in [1.165, 1.54) is 9.47 Å². The number of amides is 1. The maximum Gasteiger partial charge on any atom is 0.417 e. The highest BCUT2D eigenvalue weighted by Crippen LogP contribution is 2.37. The third-order valence-corrected chi connectivity index (χ3v) is 4.52. The van der Waals surface area contributed by atoms with Crippen molar-refractivity contribution in [3.63, 3.8) is 0 Å². The summed E-state index contributed by atoms with van der Waals surface area (Å²) in [6, 6.07) is 1.65. The lowest BCUT2D eigenvalue weighted by atomic mass is 10.0.